The third-order valence-corrected chi connectivity index (χ3v) is 5.46. The van der Waals surface area contributed by atoms with Gasteiger partial charge in [-0.2, -0.15) is 0 Å². The number of fused-ring (bicyclic) bond motifs is 1. The molecule has 3 N–H and O–H groups in total. The van der Waals surface area contributed by atoms with Crippen molar-refractivity contribution in [2.75, 3.05) is 5.32 Å². The Hall–Kier alpha value is -2.33. The van der Waals surface area contributed by atoms with Crippen LogP contribution in [0.25, 0.3) is 0 Å². The fraction of sp³-hybridized carbons (Fsp3) is 0.381. The van der Waals surface area contributed by atoms with Crippen molar-refractivity contribution in [1.29, 1.82) is 0 Å². The molecule has 0 aliphatic heterocycles. The number of aliphatic hydroxyl groups is 1. The number of rotatable bonds is 3. The molecule has 4 rings (SSSR count). The first-order valence-corrected chi connectivity index (χ1v) is 9.10. The summed E-state index contributed by atoms with van der Waals surface area (Å²) in [6, 6.07) is 16.5. The van der Waals surface area contributed by atoms with Crippen LogP contribution in [0.5, 0.6) is 0 Å². The molecule has 1 saturated carbocycles. The molecular formula is C21H24N2O2. The van der Waals surface area contributed by atoms with Crippen LogP contribution in [0.1, 0.15) is 41.9 Å². The smallest absolute Gasteiger partial charge is 0.319 e. The van der Waals surface area contributed by atoms with E-state index in [1.165, 1.54) is 5.56 Å². The zero-order chi connectivity index (χ0) is 17.2. The van der Waals surface area contributed by atoms with Gasteiger partial charge < -0.3 is 15.7 Å². The largest absolute Gasteiger partial charge is 0.392 e. The number of aliphatic hydroxyl groups excluding tert-OH is 1. The SMILES string of the molecule is O=C(Nc1cccc2c1C[C@H](O)C2)N[C@H]1CC[C@H](c2ccccc2)C1. The average Bonchev–Trinajstić information content (AvgIpc) is 3.22. The normalized spacial score (nSPS) is 24.8. The molecule has 0 radical (unpaired) electrons. The summed E-state index contributed by atoms with van der Waals surface area (Å²) in [6.07, 6.45) is 4.07. The van der Waals surface area contributed by atoms with E-state index in [2.05, 4.69) is 34.9 Å². The van der Waals surface area contributed by atoms with Crippen molar-refractivity contribution in [2.24, 2.45) is 0 Å². The van der Waals surface area contributed by atoms with E-state index in [4.69, 9.17) is 0 Å². The van der Waals surface area contributed by atoms with Crippen molar-refractivity contribution in [2.45, 2.75) is 50.2 Å². The van der Waals surface area contributed by atoms with Crippen LogP contribution in [0, 0.1) is 0 Å². The highest BCUT2D eigenvalue weighted by molar-refractivity contribution is 5.90. The second-order valence-electron chi connectivity index (χ2n) is 7.22. The average molecular weight is 336 g/mol. The molecule has 2 amide bonds. The number of carbonyl (C=O) groups excluding carboxylic acids is 1. The Labute approximate surface area is 148 Å². The molecule has 0 heterocycles. The number of hydrogen-bond donors (Lipinski definition) is 3. The minimum Gasteiger partial charge on any atom is -0.392 e. The van der Waals surface area contributed by atoms with Gasteiger partial charge in [-0.25, -0.2) is 4.79 Å². The van der Waals surface area contributed by atoms with E-state index in [0.29, 0.717) is 18.8 Å². The van der Waals surface area contributed by atoms with Gasteiger partial charge in [0.15, 0.2) is 0 Å². The number of nitrogens with one attached hydrogen (secondary N) is 2. The maximum absolute atomic E-state index is 12.4. The first kappa shape index (κ1) is 16.2. The molecule has 0 saturated heterocycles. The van der Waals surface area contributed by atoms with E-state index in [0.717, 1.165) is 36.1 Å². The van der Waals surface area contributed by atoms with Crippen LogP contribution >= 0.6 is 0 Å². The minimum absolute atomic E-state index is 0.145. The molecule has 2 aromatic rings. The van der Waals surface area contributed by atoms with Crippen LogP contribution in [0.3, 0.4) is 0 Å². The third-order valence-electron chi connectivity index (χ3n) is 5.46. The van der Waals surface area contributed by atoms with E-state index < -0.39 is 0 Å². The van der Waals surface area contributed by atoms with Gasteiger partial charge in [0.2, 0.25) is 0 Å². The molecule has 0 bridgehead atoms. The van der Waals surface area contributed by atoms with E-state index in [1.54, 1.807) is 0 Å². The zero-order valence-corrected chi connectivity index (χ0v) is 14.2. The van der Waals surface area contributed by atoms with Gasteiger partial charge >= 0.3 is 6.03 Å². The maximum Gasteiger partial charge on any atom is 0.319 e. The summed E-state index contributed by atoms with van der Waals surface area (Å²) in [5, 5.41) is 15.9. The standard InChI is InChI=1S/C21H24N2O2/c24-18-12-16-7-4-8-20(19(16)13-18)23-21(25)22-17-10-9-15(11-17)14-5-2-1-3-6-14/h1-8,15,17-18,24H,9-13H2,(H2,22,23,25)/t15-,17-,18+/m0/s1. The molecule has 3 atom stereocenters. The molecule has 2 aliphatic carbocycles. The van der Waals surface area contributed by atoms with Gasteiger partial charge in [-0.15, -0.1) is 0 Å². The summed E-state index contributed by atoms with van der Waals surface area (Å²) in [5.74, 6) is 0.530. The van der Waals surface area contributed by atoms with Crippen LogP contribution in [-0.4, -0.2) is 23.3 Å². The summed E-state index contributed by atoms with van der Waals surface area (Å²) >= 11 is 0. The second-order valence-corrected chi connectivity index (χ2v) is 7.22. The lowest BCUT2D eigenvalue weighted by atomic mass is 9.98. The number of amides is 2. The van der Waals surface area contributed by atoms with Crippen LogP contribution in [0.15, 0.2) is 48.5 Å². The fourth-order valence-corrected chi connectivity index (χ4v) is 4.23. The van der Waals surface area contributed by atoms with Crippen molar-refractivity contribution < 1.29 is 9.90 Å². The number of benzene rings is 2. The van der Waals surface area contributed by atoms with Gasteiger partial charge in [0.05, 0.1) is 6.10 Å². The summed E-state index contributed by atoms with van der Waals surface area (Å²) in [4.78, 5) is 12.4. The van der Waals surface area contributed by atoms with E-state index >= 15 is 0 Å². The lowest BCUT2D eigenvalue weighted by molar-refractivity contribution is 0.187. The van der Waals surface area contributed by atoms with Crippen molar-refractivity contribution in [1.82, 2.24) is 5.32 Å². The van der Waals surface area contributed by atoms with Crippen LogP contribution in [0.2, 0.25) is 0 Å². The Bertz CT molecular complexity index is 760. The highest BCUT2D eigenvalue weighted by atomic mass is 16.3. The number of urea groups is 1. The van der Waals surface area contributed by atoms with Gasteiger partial charge in [-0.05, 0) is 54.4 Å². The Kier molecular flexibility index (Phi) is 4.45. The quantitative estimate of drug-likeness (QED) is 0.802. The monoisotopic (exact) mass is 336 g/mol. The maximum atomic E-state index is 12.4. The Balaban J connectivity index is 1.36. The van der Waals surface area contributed by atoms with E-state index in [9.17, 15) is 9.90 Å². The number of hydrogen-bond acceptors (Lipinski definition) is 2. The summed E-state index contributed by atoms with van der Waals surface area (Å²) in [5.41, 5.74) is 4.39. The first-order valence-electron chi connectivity index (χ1n) is 9.10. The summed E-state index contributed by atoms with van der Waals surface area (Å²) < 4.78 is 0. The molecule has 4 heteroatoms. The van der Waals surface area contributed by atoms with Gasteiger partial charge in [0.25, 0.3) is 0 Å². The molecule has 130 valence electrons. The highest BCUT2D eigenvalue weighted by Crippen LogP contribution is 2.34. The molecule has 0 unspecified atom stereocenters. The molecule has 25 heavy (non-hydrogen) atoms. The Morgan fingerprint density at radius 1 is 1.00 bits per heavy atom. The molecule has 0 aromatic heterocycles. The predicted molar refractivity (Wildman–Crippen MR) is 98.8 cm³/mol. The number of carbonyl (C=O) groups is 1. The van der Waals surface area contributed by atoms with Crippen LogP contribution < -0.4 is 10.6 Å². The fourth-order valence-electron chi connectivity index (χ4n) is 4.23. The second kappa shape index (κ2) is 6.89. The van der Waals surface area contributed by atoms with Crippen molar-refractivity contribution in [3.8, 4) is 0 Å². The van der Waals surface area contributed by atoms with Crippen molar-refractivity contribution in [3.05, 3.63) is 65.2 Å². The summed E-state index contributed by atoms with van der Waals surface area (Å²) in [7, 11) is 0. The summed E-state index contributed by atoms with van der Waals surface area (Å²) in [6.45, 7) is 0. The first-order chi connectivity index (χ1) is 12.2. The van der Waals surface area contributed by atoms with Crippen molar-refractivity contribution >= 4 is 11.7 Å². The molecule has 4 nitrogen and oxygen atoms in total. The van der Waals surface area contributed by atoms with Gasteiger partial charge in [-0.1, -0.05) is 42.5 Å². The molecule has 1 fully saturated rings. The predicted octanol–water partition coefficient (Wildman–Crippen LogP) is 3.60. The lowest BCUT2D eigenvalue weighted by Gasteiger charge is -2.16. The third kappa shape index (κ3) is 3.54. The molecule has 0 spiro atoms. The molecule has 2 aliphatic rings. The lowest BCUT2D eigenvalue weighted by Crippen LogP contribution is -2.36. The van der Waals surface area contributed by atoms with Gasteiger partial charge in [0.1, 0.15) is 0 Å². The van der Waals surface area contributed by atoms with Gasteiger partial charge in [0, 0.05) is 18.2 Å². The number of anilines is 1. The Morgan fingerprint density at radius 3 is 2.68 bits per heavy atom. The van der Waals surface area contributed by atoms with Crippen LogP contribution in [0.4, 0.5) is 10.5 Å². The Morgan fingerprint density at radius 2 is 1.84 bits per heavy atom. The van der Waals surface area contributed by atoms with E-state index in [-0.39, 0.29) is 18.2 Å². The zero-order valence-electron chi connectivity index (χ0n) is 14.2. The van der Waals surface area contributed by atoms with Gasteiger partial charge in [-0.3, -0.25) is 0 Å². The minimum atomic E-state index is -0.331. The van der Waals surface area contributed by atoms with Crippen LogP contribution in [-0.2, 0) is 12.8 Å². The van der Waals surface area contributed by atoms with Crippen molar-refractivity contribution in [3.63, 3.8) is 0 Å². The highest BCUT2D eigenvalue weighted by Gasteiger charge is 2.27. The molecule has 2 aromatic carbocycles. The molecular weight excluding hydrogens is 312 g/mol. The topological polar surface area (TPSA) is 61.4 Å². The van der Waals surface area contributed by atoms with E-state index in [1.807, 2.05) is 24.3 Å².